The minimum Gasteiger partial charge on any atom is -0.458 e. The van der Waals surface area contributed by atoms with Gasteiger partial charge in [0, 0.05) is 0 Å². The van der Waals surface area contributed by atoms with Crippen molar-refractivity contribution in [2.45, 2.75) is 64.4 Å². The highest BCUT2D eigenvalue weighted by Crippen LogP contribution is 2.45. The maximum atomic E-state index is 13.1. The molecule has 1 aromatic heterocycles. The summed E-state index contributed by atoms with van der Waals surface area (Å²) in [5.41, 5.74) is 4.61. The molecule has 0 N–H and O–H groups in total. The van der Waals surface area contributed by atoms with Crippen molar-refractivity contribution in [2.75, 3.05) is 0 Å². The highest BCUT2D eigenvalue weighted by Gasteiger charge is 2.47. The lowest BCUT2D eigenvalue weighted by molar-refractivity contribution is -0.156. The van der Waals surface area contributed by atoms with Crippen LogP contribution in [0.3, 0.4) is 0 Å². The van der Waals surface area contributed by atoms with E-state index in [2.05, 4.69) is 55.3 Å². The second kappa shape index (κ2) is 7.71. The summed E-state index contributed by atoms with van der Waals surface area (Å²) in [7, 11) is 0. The summed E-state index contributed by atoms with van der Waals surface area (Å²) < 4.78 is 7.44. The lowest BCUT2D eigenvalue weighted by Crippen LogP contribution is -2.43. The zero-order valence-electron chi connectivity index (χ0n) is 18.2. The van der Waals surface area contributed by atoms with Crippen molar-refractivity contribution in [1.29, 1.82) is 0 Å². The van der Waals surface area contributed by atoms with Crippen LogP contribution in [0.4, 0.5) is 0 Å². The fraction of sp³-hybridized carbons (Fsp3) is 0.400. The number of rotatable bonds is 5. The Balaban J connectivity index is 1.46. The van der Waals surface area contributed by atoms with Gasteiger partial charge in [-0.2, -0.15) is 0 Å². The molecule has 1 saturated carbocycles. The van der Waals surface area contributed by atoms with Gasteiger partial charge in [-0.05, 0) is 47.9 Å². The molecule has 0 atom stereocenters. The van der Waals surface area contributed by atoms with Gasteiger partial charge >= 0.3 is 5.97 Å². The van der Waals surface area contributed by atoms with Crippen LogP contribution in [-0.2, 0) is 27.0 Å². The first-order valence-electron chi connectivity index (χ1n) is 10.6. The predicted molar refractivity (Wildman–Crippen MR) is 117 cm³/mol. The maximum Gasteiger partial charge on any atom is 0.316 e. The first-order valence-corrected chi connectivity index (χ1v) is 10.6. The Morgan fingerprint density at radius 1 is 1.10 bits per heavy atom. The van der Waals surface area contributed by atoms with E-state index in [0.717, 1.165) is 36.1 Å². The number of ether oxygens (including phenoxy) is 1. The van der Waals surface area contributed by atoms with Crippen molar-refractivity contribution in [2.24, 2.45) is 0 Å². The van der Waals surface area contributed by atoms with Crippen LogP contribution in [0, 0.1) is 6.92 Å². The molecule has 0 saturated heterocycles. The third-order valence-electron chi connectivity index (χ3n) is 6.16. The van der Waals surface area contributed by atoms with Gasteiger partial charge in [0.25, 0.3) is 0 Å². The highest BCUT2D eigenvalue weighted by atomic mass is 16.5. The first-order chi connectivity index (χ1) is 14.3. The van der Waals surface area contributed by atoms with Crippen LogP contribution < -0.4 is 0 Å². The number of aromatic nitrogens is 3. The standard InChI is InChI=1S/C25H29N3O2/c1-18-8-5-6-9-22(18)28-16-21(26-27-28)17-30-23(29)25(14-7-15-25)20-12-10-19(11-13-20)24(2,3)4/h5-6,8-13,16H,7,14-15,17H2,1-4H3. The van der Waals surface area contributed by atoms with E-state index in [1.54, 1.807) is 4.68 Å². The molecule has 1 heterocycles. The quantitative estimate of drug-likeness (QED) is 0.560. The molecular formula is C25H29N3O2. The molecule has 0 spiro atoms. The monoisotopic (exact) mass is 403 g/mol. The van der Waals surface area contributed by atoms with Crippen LogP contribution >= 0.6 is 0 Å². The number of esters is 1. The molecule has 2 aromatic carbocycles. The Morgan fingerprint density at radius 3 is 2.40 bits per heavy atom. The minimum atomic E-state index is -0.525. The molecule has 1 aliphatic carbocycles. The predicted octanol–water partition coefficient (Wildman–Crippen LogP) is 5.04. The minimum absolute atomic E-state index is 0.0920. The fourth-order valence-electron chi connectivity index (χ4n) is 4.01. The Morgan fingerprint density at radius 2 is 1.80 bits per heavy atom. The molecule has 0 bridgehead atoms. The van der Waals surface area contributed by atoms with Crippen LogP contribution in [0.2, 0.25) is 0 Å². The van der Waals surface area contributed by atoms with Crippen molar-refractivity contribution in [3.8, 4) is 5.69 Å². The zero-order chi connectivity index (χ0) is 21.4. The molecule has 0 radical (unpaired) electrons. The number of benzene rings is 2. The molecular weight excluding hydrogens is 374 g/mol. The lowest BCUT2D eigenvalue weighted by Gasteiger charge is -2.39. The first kappa shape index (κ1) is 20.3. The van der Waals surface area contributed by atoms with Gasteiger partial charge in [0.1, 0.15) is 12.3 Å². The van der Waals surface area contributed by atoms with Gasteiger partial charge in [0.2, 0.25) is 0 Å². The molecule has 1 aliphatic rings. The largest absolute Gasteiger partial charge is 0.458 e. The van der Waals surface area contributed by atoms with E-state index in [9.17, 15) is 4.79 Å². The number of carbonyl (C=O) groups is 1. The molecule has 1 fully saturated rings. The maximum absolute atomic E-state index is 13.1. The van der Waals surface area contributed by atoms with Crippen LogP contribution in [0.15, 0.2) is 54.7 Å². The van der Waals surface area contributed by atoms with Crippen LogP contribution in [0.1, 0.15) is 62.4 Å². The third-order valence-corrected chi connectivity index (χ3v) is 6.16. The number of hydrogen-bond donors (Lipinski definition) is 0. The molecule has 3 aromatic rings. The summed E-state index contributed by atoms with van der Waals surface area (Å²) in [5, 5.41) is 8.37. The number of hydrogen-bond acceptors (Lipinski definition) is 4. The average Bonchev–Trinajstić information content (AvgIpc) is 3.14. The summed E-state index contributed by atoms with van der Waals surface area (Å²) in [6, 6.07) is 16.4. The van der Waals surface area contributed by atoms with Gasteiger partial charge in [-0.1, -0.05) is 74.9 Å². The second-order valence-corrected chi connectivity index (χ2v) is 9.28. The van der Waals surface area contributed by atoms with E-state index >= 15 is 0 Å². The normalized spacial score (nSPS) is 15.5. The summed E-state index contributed by atoms with van der Waals surface area (Å²) in [4.78, 5) is 13.1. The number of aryl methyl sites for hydroxylation is 1. The van der Waals surface area contributed by atoms with Gasteiger partial charge in [-0.3, -0.25) is 4.79 Å². The van der Waals surface area contributed by atoms with E-state index in [4.69, 9.17) is 4.74 Å². The fourth-order valence-corrected chi connectivity index (χ4v) is 4.01. The average molecular weight is 404 g/mol. The highest BCUT2D eigenvalue weighted by molar-refractivity contribution is 5.84. The SMILES string of the molecule is Cc1ccccc1-n1cc(COC(=O)C2(c3ccc(C(C)(C)C)cc3)CCC2)nn1. The van der Waals surface area contributed by atoms with E-state index < -0.39 is 5.41 Å². The van der Waals surface area contributed by atoms with Gasteiger partial charge in [0.05, 0.1) is 17.3 Å². The Kier molecular flexibility index (Phi) is 5.22. The second-order valence-electron chi connectivity index (χ2n) is 9.28. The zero-order valence-corrected chi connectivity index (χ0v) is 18.2. The molecule has 30 heavy (non-hydrogen) atoms. The summed E-state index contributed by atoms with van der Waals surface area (Å²) in [5.74, 6) is -0.164. The van der Waals surface area contributed by atoms with Crippen LogP contribution in [0.25, 0.3) is 5.69 Å². The van der Waals surface area contributed by atoms with Gasteiger partial charge in [-0.25, -0.2) is 4.68 Å². The van der Waals surface area contributed by atoms with Crippen molar-refractivity contribution in [1.82, 2.24) is 15.0 Å². The van der Waals surface area contributed by atoms with E-state index in [0.29, 0.717) is 5.69 Å². The van der Waals surface area contributed by atoms with Crippen molar-refractivity contribution < 1.29 is 9.53 Å². The van der Waals surface area contributed by atoms with E-state index in [1.165, 1.54) is 5.56 Å². The molecule has 5 nitrogen and oxygen atoms in total. The topological polar surface area (TPSA) is 57.0 Å². The summed E-state index contributed by atoms with van der Waals surface area (Å²) in [6.07, 6.45) is 4.52. The van der Waals surface area contributed by atoms with Gasteiger partial charge in [-0.15, -0.1) is 5.10 Å². The van der Waals surface area contributed by atoms with Crippen LogP contribution in [-0.4, -0.2) is 21.0 Å². The molecule has 0 unspecified atom stereocenters. The lowest BCUT2D eigenvalue weighted by atomic mass is 9.64. The van der Waals surface area contributed by atoms with Gasteiger partial charge < -0.3 is 4.74 Å². The Hall–Kier alpha value is -2.95. The molecule has 156 valence electrons. The third kappa shape index (κ3) is 3.76. The Labute approximate surface area is 178 Å². The van der Waals surface area contributed by atoms with E-state index in [1.807, 2.05) is 37.4 Å². The van der Waals surface area contributed by atoms with E-state index in [-0.39, 0.29) is 18.0 Å². The molecule has 0 aliphatic heterocycles. The molecule has 0 amide bonds. The number of nitrogens with zero attached hydrogens (tertiary/aromatic N) is 3. The Bertz CT molecular complexity index is 1040. The van der Waals surface area contributed by atoms with Crippen molar-refractivity contribution in [3.05, 3.63) is 77.1 Å². The summed E-state index contributed by atoms with van der Waals surface area (Å²) >= 11 is 0. The number of para-hydroxylation sites is 1. The number of carbonyl (C=O) groups excluding carboxylic acids is 1. The molecule has 5 heteroatoms. The van der Waals surface area contributed by atoms with Crippen LogP contribution in [0.5, 0.6) is 0 Å². The van der Waals surface area contributed by atoms with Crippen molar-refractivity contribution in [3.63, 3.8) is 0 Å². The smallest absolute Gasteiger partial charge is 0.316 e. The summed E-state index contributed by atoms with van der Waals surface area (Å²) in [6.45, 7) is 8.74. The van der Waals surface area contributed by atoms with Crippen molar-refractivity contribution >= 4 is 5.97 Å². The van der Waals surface area contributed by atoms with Gasteiger partial charge in [0.15, 0.2) is 0 Å². The molecule has 4 rings (SSSR count).